The zero-order valence-electron chi connectivity index (χ0n) is 16.6. The lowest BCUT2D eigenvalue weighted by molar-refractivity contribution is -0.119. The fourth-order valence-corrected chi connectivity index (χ4v) is 4.19. The first-order valence-electron chi connectivity index (χ1n) is 10.00. The molecule has 150 valence electrons. The minimum atomic E-state index is 0.00162. The summed E-state index contributed by atoms with van der Waals surface area (Å²) in [5, 5.41) is 3.79. The average Bonchev–Trinajstić information content (AvgIpc) is 3.26. The van der Waals surface area contributed by atoms with Gasteiger partial charge in [0.2, 0.25) is 5.91 Å². The molecule has 2 heterocycles. The van der Waals surface area contributed by atoms with Crippen LogP contribution in [-0.2, 0) is 16.0 Å². The molecule has 1 atom stereocenters. The number of fused-ring (bicyclic) bond motifs is 1. The first-order chi connectivity index (χ1) is 14.2. The van der Waals surface area contributed by atoms with Gasteiger partial charge in [0.15, 0.2) is 0 Å². The number of amides is 1. The van der Waals surface area contributed by atoms with Crippen molar-refractivity contribution < 1.29 is 9.53 Å². The van der Waals surface area contributed by atoms with E-state index < -0.39 is 0 Å². The second kappa shape index (κ2) is 9.37. The minimum absolute atomic E-state index is 0.00162. The van der Waals surface area contributed by atoms with Crippen LogP contribution in [0.5, 0.6) is 0 Å². The van der Waals surface area contributed by atoms with Gasteiger partial charge in [-0.05, 0) is 37.5 Å². The summed E-state index contributed by atoms with van der Waals surface area (Å²) in [6.07, 6.45) is 2.94. The van der Waals surface area contributed by atoms with Crippen LogP contribution in [0.15, 0.2) is 53.6 Å². The second-order valence-corrected chi connectivity index (χ2v) is 8.32. The predicted octanol–water partition coefficient (Wildman–Crippen LogP) is 3.92. The molecule has 6 heteroatoms. The van der Waals surface area contributed by atoms with E-state index in [1.54, 1.807) is 0 Å². The lowest BCUT2D eigenvalue weighted by Crippen LogP contribution is -2.32. The molecule has 0 unspecified atom stereocenters. The van der Waals surface area contributed by atoms with Crippen LogP contribution in [0.1, 0.15) is 29.7 Å². The van der Waals surface area contributed by atoms with E-state index in [2.05, 4.69) is 36.5 Å². The van der Waals surface area contributed by atoms with Gasteiger partial charge in [-0.1, -0.05) is 53.7 Å². The van der Waals surface area contributed by atoms with E-state index in [1.807, 2.05) is 24.3 Å². The topological polar surface area (TPSA) is 64.1 Å². The number of hydrogen-bond acceptors (Lipinski definition) is 5. The molecule has 1 saturated heterocycles. The lowest BCUT2D eigenvalue weighted by atomic mass is 10.1. The van der Waals surface area contributed by atoms with Crippen molar-refractivity contribution in [1.29, 1.82) is 0 Å². The third-order valence-electron chi connectivity index (χ3n) is 4.99. The molecule has 0 bridgehead atoms. The molecule has 1 amide bonds. The predicted molar refractivity (Wildman–Crippen MR) is 116 cm³/mol. The van der Waals surface area contributed by atoms with Crippen molar-refractivity contribution in [2.45, 2.75) is 37.3 Å². The quantitative estimate of drug-likeness (QED) is 0.602. The second-order valence-electron chi connectivity index (χ2n) is 7.35. The fraction of sp³-hybridized carbons (Fsp3) is 0.348. The number of para-hydroxylation sites is 2. The van der Waals surface area contributed by atoms with Crippen LogP contribution in [0.4, 0.5) is 0 Å². The van der Waals surface area contributed by atoms with Gasteiger partial charge in [0.25, 0.3) is 0 Å². The highest BCUT2D eigenvalue weighted by Crippen LogP contribution is 2.24. The number of benzene rings is 2. The Labute approximate surface area is 175 Å². The molecule has 0 spiro atoms. The molecular weight excluding hydrogens is 382 g/mol. The van der Waals surface area contributed by atoms with Crippen LogP contribution in [-0.4, -0.2) is 40.9 Å². The van der Waals surface area contributed by atoms with Gasteiger partial charge in [-0.3, -0.25) is 4.79 Å². The Morgan fingerprint density at radius 1 is 1.14 bits per heavy atom. The monoisotopic (exact) mass is 407 g/mol. The SMILES string of the molecule is Cc1ccc(Cc2nc3ccccc3nc2SCC(=O)NC[C@@H]2CCCO2)cc1. The van der Waals surface area contributed by atoms with E-state index in [0.717, 1.165) is 41.2 Å². The van der Waals surface area contributed by atoms with Gasteiger partial charge >= 0.3 is 0 Å². The smallest absolute Gasteiger partial charge is 0.230 e. The molecule has 0 aliphatic carbocycles. The zero-order chi connectivity index (χ0) is 20.1. The van der Waals surface area contributed by atoms with Gasteiger partial charge in [0.05, 0.1) is 28.6 Å². The average molecular weight is 408 g/mol. The van der Waals surface area contributed by atoms with Crippen molar-refractivity contribution in [2.24, 2.45) is 0 Å². The Balaban J connectivity index is 1.48. The fourth-order valence-electron chi connectivity index (χ4n) is 3.37. The highest BCUT2D eigenvalue weighted by molar-refractivity contribution is 7.99. The van der Waals surface area contributed by atoms with Crippen molar-refractivity contribution in [3.05, 3.63) is 65.4 Å². The molecule has 1 N–H and O–H groups in total. The Hall–Kier alpha value is -2.44. The summed E-state index contributed by atoms with van der Waals surface area (Å²) in [5.74, 6) is 0.322. The third kappa shape index (κ3) is 5.34. The third-order valence-corrected chi connectivity index (χ3v) is 6.00. The van der Waals surface area contributed by atoms with Crippen molar-refractivity contribution in [2.75, 3.05) is 18.9 Å². The van der Waals surface area contributed by atoms with E-state index in [4.69, 9.17) is 14.7 Å². The Kier molecular flexibility index (Phi) is 6.42. The van der Waals surface area contributed by atoms with Crippen molar-refractivity contribution in [3.63, 3.8) is 0 Å². The Morgan fingerprint density at radius 2 is 1.90 bits per heavy atom. The molecule has 0 radical (unpaired) electrons. The molecule has 0 saturated carbocycles. The summed E-state index contributed by atoms with van der Waals surface area (Å²) in [4.78, 5) is 21.9. The Bertz CT molecular complexity index is 985. The van der Waals surface area contributed by atoms with Crippen molar-refractivity contribution in [1.82, 2.24) is 15.3 Å². The van der Waals surface area contributed by atoms with Gasteiger partial charge in [0, 0.05) is 19.6 Å². The summed E-state index contributed by atoms with van der Waals surface area (Å²) in [6, 6.07) is 16.3. The van der Waals surface area contributed by atoms with Crippen LogP contribution >= 0.6 is 11.8 Å². The number of nitrogens with one attached hydrogen (secondary N) is 1. The number of thioether (sulfide) groups is 1. The number of carbonyl (C=O) groups excluding carboxylic acids is 1. The van der Waals surface area contributed by atoms with E-state index in [9.17, 15) is 4.79 Å². The largest absolute Gasteiger partial charge is 0.376 e. The molecule has 2 aromatic carbocycles. The van der Waals surface area contributed by atoms with Crippen LogP contribution in [0, 0.1) is 6.92 Å². The number of aromatic nitrogens is 2. The van der Waals surface area contributed by atoms with Crippen LogP contribution < -0.4 is 5.32 Å². The number of ether oxygens (including phenoxy) is 1. The molecule has 1 fully saturated rings. The van der Waals surface area contributed by atoms with E-state index in [-0.39, 0.29) is 12.0 Å². The van der Waals surface area contributed by atoms with Gasteiger partial charge in [-0.15, -0.1) is 0 Å². The van der Waals surface area contributed by atoms with E-state index >= 15 is 0 Å². The van der Waals surface area contributed by atoms with E-state index in [1.165, 1.54) is 22.9 Å². The number of aryl methyl sites for hydroxylation is 1. The maximum Gasteiger partial charge on any atom is 0.230 e. The number of carbonyl (C=O) groups is 1. The maximum atomic E-state index is 12.3. The molecule has 29 heavy (non-hydrogen) atoms. The number of rotatable bonds is 7. The summed E-state index contributed by atoms with van der Waals surface area (Å²) in [6.45, 7) is 3.46. The van der Waals surface area contributed by atoms with Gasteiger partial charge in [-0.25, -0.2) is 9.97 Å². The number of nitrogens with zero attached hydrogens (tertiary/aromatic N) is 2. The summed E-state index contributed by atoms with van der Waals surface area (Å²) < 4.78 is 5.56. The van der Waals surface area contributed by atoms with Crippen molar-refractivity contribution >= 4 is 28.7 Å². The standard InChI is InChI=1S/C23H25N3O2S/c1-16-8-10-17(11-9-16)13-21-23(26-20-7-3-2-6-19(20)25-21)29-15-22(27)24-14-18-5-4-12-28-18/h2-3,6-11,18H,4-5,12-15H2,1H3,(H,24,27)/t18-/m0/s1. The molecular formula is C23H25N3O2S. The molecule has 1 aromatic heterocycles. The number of hydrogen-bond donors (Lipinski definition) is 1. The summed E-state index contributed by atoms with van der Waals surface area (Å²) in [5.41, 5.74) is 5.05. The van der Waals surface area contributed by atoms with E-state index in [0.29, 0.717) is 18.7 Å². The molecule has 5 nitrogen and oxygen atoms in total. The van der Waals surface area contributed by atoms with Gasteiger partial charge < -0.3 is 10.1 Å². The van der Waals surface area contributed by atoms with Crippen LogP contribution in [0.3, 0.4) is 0 Å². The maximum absolute atomic E-state index is 12.3. The van der Waals surface area contributed by atoms with Crippen LogP contribution in [0.2, 0.25) is 0 Å². The lowest BCUT2D eigenvalue weighted by Gasteiger charge is -2.12. The van der Waals surface area contributed by atoms with Gasteiger partial charge in [0.1, 0.15) is 5.03 Å². The first kappa shape index (κ1) is 19.9. The molecule has 1 aliphatic rings. The first-order valence-corrected chi connectivity index (χ1v) is 11.0. The Morgan fingerprint density at radius 3 is 2.62 bits per heavy atom. The highest BCUT2D eigenvalue weighted by atomic mass is 32.2. The van der Waals surface area contributed by atoms with Crippen molar-refractivity contribution in [3.8, 4) is 0 Å². The highest BCUT2D eigenvalue weighted by Gasteiger charge is 2.17. The summed E-state index contributed by atoms with van der Waals surface area (Å²) in [7, 11) is 0. The summed E-state index contributed by atoms with van der Waals surface area (Å²) >= 11 is 1.45. The molecule has 1 aliphatic heterocycles. The van der Waals surface area contributed by atoms with Crippen LogP contribution in [0.25, 0.3) is 11.0 Å². The normalized spacial score (nSPS) is 16.2. The van der Waals surface area contributed by atoms with Gasteiger partial charge in [-0.2, -0.15) is 0 Å². The minimum Gasteiger partial charge on any atom is -0.376 e. The molecule has 3 aromatic rings. The zero-order valence-corrected chi connectivity index (χ0v) is 17.4. The molecule has 4 rings (SSSR count).